The molecule has 1 rings (SSSR count). The van der Waals surface area contributed by atoms with Gasteiger partial charge in [0.05, 0.1) is 18.4 Å². The Balaban J connectivity index is 2.28. The number of aliphatic hydroxyl groups excluding tert-OH is 1. The van der Waals surface area contributed by atoms with Gasteiger partial charge in [0, 0.05) is 25.3 Å². The van der Waals surface area contributed by atoms with Crippen LogP contribution in [-0.4, -0.2) is 31.0 Å². The van der Waals surface area contributed by atoms with Crippen molar-refractivity contribution in [2.24, 2.45) is 5.92 Å². The van der Waals surface area contributed by atoms with Gasteiger partial charge in [0.25, 0.3) is 0 Å². The summed E-state index contributed by atoms with van der Waals surface area (Å²) in [5.74, 6) is -2.71. The number of hydrogen-bond donors (Lipinski definition) is 2. The van der Waals surface area contributed by atoms with E-state index in [1.54, 1.807) is 0 Å². The molecule has 6 heteroatoms. The highest BCUT2D eigenvalue weighted by atomic mass is 19.2. The normalized spacial score (nSPS) is 12.7. The number of ether oxygens (including phenoxy) is 1. The van der Waals surface area contributed by atoms with Gasteiger partial charge in [-0.1, -0.05) is 13.8 Å². The lowest BCUT2D eigenvalue weighted by Gasteiger charge is -2.14. The lowest BCUT2D eigenvalue weighted by atomic mass is 10.1. The highest BCUT2D eigenvalue weighted by Gasteiger charge is 2.12. The summed E-state index contributed by atoms with van der Waals surface area (Å²) in [5.41, 5.74) is -0.314. The van der Waals surface area contributed by atoms with Gasteiger partial charge in [0.2, 0.25) is 0 Å². The Morgan fingerprint density at radius 3 is 2.62 bits per heavy atom. The zero-order valence-electron chi connectivity index (χ0n) is 12.3. The summed E-state index contributed by atoms with van der Waals surface area (Å²) in [6.45, 7) is 4.81. The quantitative estimate of drug-likeness (QED) is 0.543. The Bertz CT molecular complexity index is 441. The SMILES string of the molecule is CC(C)CCCOCC(O)CNc1cc(F)cc(F)c1F. The topological polar surface area (TPSA) is 41.5 Å². The van der Waals surface area contributed by atoms with Crippen LogP contribution in [0.25, 0.3) is 0 Å². The van der Waals surface area contributed by atoms with E-state index in [9.17, 15) is 18.3 Å². The van der Waals surface area contributed by atoms with Gasteiger partial charge in [-0.15, -0.1) is 0 Å². The van der Waals surface area contributed by atoms with Crippen LogP contribution in [0.2, 0.25) is 0 Å². The van der Waals surface area contributed by atoms with E-state index in [-0.39, 0.29) is 18.8 Å². The molecule has 1 aromatic rings. The zero-order chi connectivity index (χ0) is 15.8. The highest BCUT2D eigenvalue weighted by molar-refractivity contribution is 5.45. The molecular formula is C15H22F3NO2. The fraction of sp³-hybridized carbons (Fsp3) is 0.600. The maximum absolute atomic E-state index is 13.3. The predicted octanol–water partition coefficient (Wildman–Crippen LogP) is 3.33. The molecule has 0 aliphatic carbocycles. The van der Waals surface area contributed by atoms with E-state index in [1.807, 2.05) is 0 Å². The van der Waals surface area contributed by atoms with Gasteiger partial charge in [0.15, 0.2) is 11.6 Å². The second kappa shape index (κ2) is 8.89. The average Bonchev–Trinajstić information content (AvgIpc) is 2.40. The van der Waals surface area contributed by atoms with Crippen molar-refractivity contribution in [3.63, 3.8) is 0 Å². The maximum atomic E-state index is 13.3. The summed E-state index contributed by atoms with van der Waals surface area (Å²) in [7, 11) is 0. The van der Waals surface area contributed by atoms with Crippen molar-refractivity contribution in [3.8, 4) is 0 Å². The molecule has 120 valence electrons. The Hall–Kier alpha value is -1.27. The maximum Gasteiger partial charge on any atom is 0.182 e. The summed E-state index contributed by atoms with van der Waals surface area (Å²) >= 11 is 0. The van der Waals surface area contributed by atoms with E-state index in [0.717, 1.165) is 18.9 Å². The minimum absolute atomic E-state index is 0.0516. The van der Waals surface area contributed by atoms with Gasteiger partial charge in [-0.3, -0.25) is 0 Å². The third-order valence-corrected chi connectivity index (χ3v) is 2.90. The molecule has 0 bridgehead atoms. The Labute approximate surface area is 123 Å². The van der Waals surface area contributed by atoms with Crippen molar-refractivity contribution in [1.29, 1.82) is 0 Å². The average molecular weight is 305 g/mol. The van der Waals surface area contributed by atoms with Crippen molar-refractivity contribution >= 4 is 5.69 Å². The summed E-state index contributed by atoms with van der Waals surface area (Å²) < 4.78 is 44.5. The van der Waals surface area contributed by atoms with Crippen molar-refractivity contribution in [3.05, 3.63) is 29.6 Å². The van der Waals surface area contributed by atoms with Crippen LogP contribution in [0.15, 0.2) is 12.1 Å². The highest BCUT2D eigenvalue weighted by Crippen LogP contribution is 2.19. The van der Waals surface area contributed by atoms with Crippen LogP contribution in [0.1, 0.15) is 26.7 Å². The lowest BCUT2D eigenvalue weighted by Crippen LogP contribution is -2.25. The van der Waals surface area contributed by atoms with Gasteiger partial charge in [0.1, 0.15) is 5.82 Å². The van der Waals surface area contributed by atoms with Gasteiger partial charge >= 0.3 is 0 Å². The molecule has 0 amide bonds. The van der Waals surface area contributed by atoms with Gasteiger partial charge < -0.3 is 15.2 Å². The molecule has 0 fully saturated rings. The first-order valence-corrected chi connectivity index (χ1v) is 7.04. The fourth-order valence-corrected chi connectivity index (χ4v) is 1.78. The molecule has 0 aliphatic heterocycles. The summed E-state index contributed by atoms with van der Waals surface area (Å²) in [6, 6.07) is 1.31. The van der Waals surface area contributed by atoms with E-state index in [1.165, 1.54) is 0 Å². The first kappa shape index (κ1) is 17.8. The molecule has 0 aromatic heterocycles. The Kier molecular flexibility index (Phi) is 7.53. The number of rotatable bonds is 9. The van der Waals surface area contributed by atoms with E-state index in [2.05, 4.69) is 19.2 Å². The number of anilines is 1. The summed E-state index contributed by atoms with van der Waals surface area (Å²) in [5, 5.41) is 12.1. The number of benzene rings is 1. The molecule has 2 N–H and O–H groups in total. The lowest BCUT2D eigenvalue weighted by molar-refractivity contribution is 0.0409. The van der Waals surface area contributed by atoms with Crippen LogP contribution in [-0.2, 0) is 4.74 Å². The molecule has 0 spiro atoms. The van der Waals surface area contributed by atoms with Crippen molar-refractivity contribution in [1.82, 2.24) is 0 Å². The molecule has 0 heterocycles. The van der Waals surface area contributed by atoms with Crippen LogP contribution in [0.5, 0.6) is 0 Å². The molecule has 1 unspecified atom stereocenters. The number of nitrogens with one attached hydrogen (secondary N) is 1. The number of halogens is 3. The zero-order valence-corrected chi connectivity index (χ0v) is 12.3. The van der Waals surface area contributed by atoms with E-state index in [4.69, 9.17) is 4.74 Å². The standard InChI is InChI=1S/C15H22F3NO2/c1-10(2)4-3-5-21-9-12(20)8-19-14-7-11(16)6-13(17)15(14)18/h6-7,10,12,19-20H,3-5,8-9H2,1-2H3. The summed E-state index contributed by atoms with van der Waals surface area (Å²) in [6.07, 6.45) is 1.07. The number of hydrogen-bond acceptors (Lipinski definition) is 3. The van der Waals surface area contributed by atoms with Gasteiger partial charge in [-0.05, 0) is 18.8 Å². The fourth-order valence-electron chi connectivity index (χ4n) is 1.78. The third kappa shape index (κ3) is 6.82. The first-order valence-electron chi connectivity index (χ1n) is 7.04. The second-order valence-corrected chi connectivity index (χ2v) is 5.39. The van der Waals surface area contributed by atoms with Crippen LogP contribution in [0.4, 0.5) is 18.9 Å². The molecule has 1 atom stereocenters. The Morgan fingerprint density at radius 2 is 1.95 bits per heavy atom. The third-order valence-electron chi connectivity index (χ3n) is 2.90. The largest absolute Gasteiger partial charge is 0.389 e. The smallest absolute Gasteiger partial charge is 0.182 e. The van der Waals surface area contributed by atoms with Crippen molar-refractivity contribution in [2.45, 2.75) is 32.8 Å². The molecule has 0 radical (unpaired) electrons. The molecular weight excluding hydrogens is 283 g/mol. The minimum atomic E-state index is -1.27. The van der Waals surface area contributed by atoms with Gasteiger partial charge in [-0.25, -0.2) is 13.2 Å². The van der Waals surface area contributed by atoms with E-state index < -0.39 is 23.6 Å². The second-order valence-electron chi connectivity index (χ2n) is 5.39. The summed E-state index contributed by atoms with van der Waals surface area (Å²) in [4.78, 5) is 0. The monoisotopic (exact) mass is 305 g/mol. The van der Waals surface area contributed by atoms with Crippen molar-refractivity contribution < 1.29 is 23.0 Å². The number of aliphatic hydroxyl groups is 1. The molecule has 0 saturated carbocycles. The van der Waals surface area contributed by atoms with E-state index in [0.29, 0.717) is 18.6 Å². The van der Waals surface area contributed by atoms with Gasteiger partial charge in [-0.2, -0.15) is 0 Å². The van der Waals surface area contributed by atoms with Crippen molar-refractivity contribution in [2.75, 3.05) is 25.1 Å². The van der Waals surface area contributed by atoms with Crippen LogP contribution in [0.3, 0.4) is 0 Å². The predicted molar refractivity (Wildman–Crippen MR) is 75.7 cm³/mol. The molecule has 21 heavy (non-hydrogen) atoms. The molecule has 0 saturated heterocycles. The molecule has 1 aromatic carbocycles. The molecule has 3 nitrogen and oxygen atoms in total. The van der Waals surface area contributed by atoms with Crippen LogP contribution < -0.4 is 5.32 Å². The Morgan fingerprint density at radius 1 is 1.24 bits per heavy atom. The van der Waals surface area contributed by atoms with Crippen LogP contribution >= 0.6 is 0 Å². The minimum Gasteiger partial charge on any atom is -0.389 e. The first-order chi connectivity index (χ1) is 9.90. The molecule has 0 aliphatic rings. The van der Waals surface area contributed by atoms with Crippen LogP contribution in [0, 0.1) is 23.4 Å². The van der Waals surface area contributed by atoms with E-state index >= 15 is 0 Å².